The molecule has 0 saturated heterocycles. The maximum atomic E-state index is 12.9. The van der Waals surface area contributed by atoms with Crippen LogP contribution in [-0.2, 0) is 55.6 Å². The maximum Gasteiger partial charge on any atom is 0.243 e. The molecule has 0 N–H and O–H groups in total. The van der Waals surface area contributed by atoms with Crippen molar-refractivity contribution >= 4 is 7.45 Å². The summed E-state index contributed by atoms with van der Waals surface area (Å²) in [6.45, 7) is 11.6. The summed E-state index contributed by atoms with van der Waals surface area (Å²) in [5, 5.41) is 8.47. The molecule has 0 spiro atoms. The Labute approximate surface area is 361 Å². The first kappa shape index (κ1) is 54.1. The van der Waals surface area contributed by atoms with Crippen molar-refractivity contribution < 1.29 is 51.4 Å². The minimum absolute atomic E-state index is 0.0645. The molecule has 2 aromatic rings. The van der Waals surface area contributed by atoms with Gasteiger partial charge in [0.15, 0.2) is 0 Å². The summed E-state index contributed by atoms with van der Waals surface area (Å²) in [6.07, 6.45) is 23.8. The van der Waals surface area contributed by atoms with Gasteiger partial charge in [-0.25, -0.2) is 4.68 Å². The predicted octanol–water partition coefficient (Wildman–Crippen LogP) is 9.48. The molecule has 0 aliphatic rings. The number of hydrogen-bond acceptors (Lipinski definition) is 12. The van der Waals surface area contributed by atoms with Crippen LogP contribution in [0.15, 0.2) is 30.5 Å². The summed E-state index contributed by atoms with van der Waals surface area (Å²) >= 11 is 0. The lowest BCUT2D eigenvalue weighted by atomic mass is 10.0. The van der Waals surface area contributed by atoms with Crippen LogP contribution in [0.5, 0.6) is 5.75 Å². The summed E-state index contributed by atoms with van der Waals surface area (Å²) in [5.74, 6) is 0.915. The van der Waals surface area contributed by atoms with Crippen molar-refractivity contribution in [3.05, 3.63) is 41.7 Å². The largest absolute Gasteiger partial charge is 0.494 e. The number of rotatable bonds is 46. The van der Waals surface area contributed by atoms with Gasteiger partial charge in [0.05, 0.1) is 131 Å². The van der Waals surface area contributed by atoms with Crippen LogP contribution in [0.25, 0.3) is 0 Å². The second-order valence-electron chi connectivity index (χ2n) is 15.3. The number of ether oxygens (including phenoxy) is 9. The standard InChI is InChI=1S/C45H81FN3O10P/c1-3-4-5-6-7-8-9-10-11-12-13-14-15-16-17-18-23-59-45-21-19-43(20-22-45)40-49-41-44(47-48-49)42-58-37-36-56-33-32-54-29-28-52-25-24-51-26-27-53-30-31-55-34-35-57-38-39-60(2,46)50/h19-22,41H,3-18,23-40,42H2,1-2H3. The van der Waals surface area contributed by atoms with Crippen LogP contribution in [0.3, 0.4) is 0 Å². The fourth-order valence-corrected chi connectivity index (χ4v) is 6.60. The van der Waals surface area contributed by atoms with Crippen LogP contribution in [0.1, 0.15) is 121 Å². The molecule has 0 amide bonds. The normalized spacial score (nSPS) is 12.7. The number of hydrogen-bond donors (Lipinski definition) is 0. The third kappa shape index (κ3) is 35.6. The molecule has 1 aromatic carbocycles. The van der Waals surface area contributed by atoms with E-state index in [0.717, 1.165) is 36.7 Å². The zero-order chi connectivity index (χ0) is 42.9. The first-order chi connectivity index (χ1) is 29.5. The zero-order valence-corrected chi connectivity index (χ0v) is 38.3. The Morgan fingerprint density at radius 3 is 1.32 bits per heavy atom. The molecule has 0 bridgehead atoms. The summed E-state index contributed by atoms with van der Waals surface area (Å²) < 4.78 is 75.3. The summed E-state index contributed by atoms with van der Waals surface area (Å²) in [4.78, 5) is 0. The first-order valence-corrected chi connectivity index (χ1v) is 25.2. The van der Waals surface area contributed by atoms with Gasteiger partial charge in [-0.2, -0.15) is 4.20 Å². The lowest BCUT2D eigenvalue weighted by Gasteiger charge is -2.08. The number of unbranched alkanes of at least 4 members (excludes halogenated alkanes) is 15. The average Bonchev–Trinajstić information content (AvgIpc) is 3.68. The molecule has 13 nitrogen and oxygen atoms in total. The van der Waals surface area contributed by atoms with Gasteiger partial charge < -0.3 is 42.6 Å². The van der Waals surface area contributed by atoms with Gasteiger partial charge >= 0.3 is 0 Å². The highest BCUT2D eigenvalue weighted by Crippen LogP contribution is 2.41. The molecule has 0 saturated carbocycles. The Balaban J connectivity index is 1.29. The highest BCUT2D eigenvalue weighted by molar-refractivity contribution is 7.57. The fourth-order valence-electron chi connectivity index (χ4n) is 6.14. The second kappa shape index (κ2) is 39.8. The third-order valence-corrected chi connectivity index (χ3v) is 10.6. The molecule has 0 aliphatic heterocycles. The quantitative estimate of drug-likeness (QED) is 0.0464. The Morgan fingerprint density at radius 2 is 0.900 bits per heavy atom. The van der Waals surface area contributed by atoms with Gasteiger partial charge in [0, 0.05) is 6.66 Å². The van der Waals surface area contributed by atoms with E-state index in [1.165, 1.54) is 96.3 Å². The number of benzene rings is 1. The van der Waals surface area contributed by atoms with Crippen molar-refractivity contribution in [3.63, 3.8) is 0 Å². The Kier molecular flexibility index (Phi) is 35.9. The van der Waals surface area contributed by atoms with Crippen LogP contribution in [0.2, 0.25) is 0 Å². The highest BCUT2D eigenvalue weighted by atomic mass is 31.2. The predicted molar refractivity (Wildman–Crippen MR) is 236 cm³/mol. The molecule has 60 heavy (non-hydrogen) atoms. The lowest BCUT2D eigenvalue weighted by Crippen LogP contribution is -2.15. The zero-order valence-electron chi connectivity index (χ0n) is 37.4. The highest BCUT2D eigenvalue weighted by Gasteiger charge is 2.11. The first-order valence-electron chi connectivity index (χ1n) is 22.9. The van der Waals surface area contributed by atoms with Gasteiger partial charge in [0.25, 0.3) is 0 Å². The van der Waals surface area contributed by atoms with Crippen molar-refractivity contribution in [2.45, 2.75) is 123 Å². The number of halogens is 1. The van der Waals surface area contributed by atoms with Gasteiger partial charge in [-0.1, -0.05) is 121 Å². The van der Waals surface area contributed by atoms with E-state index in [9.17, 15) is 8.76 Å². The number of nitrogens with zero attached hydrogens (tertiary/aromatic N) is 3. The molecule has 0 radical (unpaired) electrons. The monoisotopic (exact) mass is 874 g/mol. The number of aromatic nitrogens is 3. The van der Waals surface area contributed by atoms with E-state index >= 15 is 0 Å². The van der Waals surface area contributed by atoms with Crippen LogP contribution in [-0.4, -0.2) is 134 Å². The van der Waals surface area contributed by atoms with Gasteiger partial charge in [0.1, 0.15) is 11.4 Å². The molecular formula is C45H81FN3O10P. The Hall–Kier alpha value is -2.00. The van der Waals surface area contributed by atoms with E-state index in [1.54, 1.807) is 0 Å². The SMILES string of the molecule is CCCCCCCCCCCCCCCCCCOc1ccc(Cn2cc(COCCOCCOCCOCCOCCOCCOCCOCCP(C)(=O)F)nn2)cc1. The minimum Gasteiger partial charge on any atom is -0.494 e. The van der Waals surface area contributed by atoms with Crippen LogP contribution in [0, 0.1) is 0 Å². The summed E-state index contributed by atoms with van der Waals surface area (Å²) in [5.41, 5.74) is 1.92. The third-order valence-electron chi connectivity index (χ3n) is 9.61. The van der Waals surface area contributed by atoms with Crippen molar-refractivity contribution in [3.8, 4) is 5.75 Å². The van der Waals surface area contributed by atoms with E-state index in [-0.39, 0.29) is 12.8 Å². The van der Waals surface area contributed by atoms with E-state index in [1.807, 2.05) is 23.0 Å². The molecule has 1 heterocycles. The van der Waals surface area contributed by atoms with Gasteiger partial charge in [-0.15, -0.1) is 5.10 Å². The van der Waals surface area contributed by atoms with Crippen molar-refractivity contribution in [2.75, 3.05) is 119 Å². The second-order valence-corrected chi connectivity index (χ2v) is 17.7. The summed E-state index contributed by atoms with van der Waals surface area (Å²) in [7, 11) is -3.51. The summed E-state index contributed by atoms with van der Waals surface area (Å²) in [6, 6.07) is 8.24. The molecule has 348 valence electrons. The molecule has 15 heteroatoms. The van der Waals surface area contributed by atoms with E-state index in [4.69, 9.17) is 42.6 Å². The Morgan fingerprint density at radius 1 is 0.517 bits per heavy atom. The smallest absolute Gasteiger partial charge is 0.243 e. The molecule has 1 unspecified atom stereocenters. The lowest BCUT2D eigenvalue weighted by molar-refractivity contribution is -0.0234. The van der Waals surface area contributed by atoms with Gasteiger partial charge in [-0.3, -0.25) is 4.57 Å². The van der Waals surface area contributed by atoms with Crippen molar-refractivity contribution in [2.24, 2.45) is 0 Å². The van der Waals surface area contributed by atoms with Crippen LogP contribution < -0.4 is 4.74 Å². The molecular weight excluding hydrogens is 792 g/mol. The van der Waals surface area contributed by atoms with E-state index in [0.29, 0.717) is 106 Å². The van der Waals surface area contributed by atoms with Crippen molar-refractivity contribution in [1.82, 2.24) is 15.0 Å². The van der Waals surface area contributed by atoms with Gasteiger partial charge in [-0.05, 0) is 24.1 Å². The minimum atomic E-state index is -3.51. The topological polar surface area (TPSA) is 131 Å². The molecule has 0 fully saturated rings. The van der Waals surface area contributed by atoms with E-state index < -0.39 is 7.45 Å². The van der Waals surface area contributed by atoms with E-state index in [2.05, 4.69) is 29.4 Å². The average molecular weight is 874 g/mol. The van der Waals surface area contributed by atoms with Crippen molar-refractivity contribution in [1.29, 1.82) is 0 Å². The fraction of sp³-hybridized carbons (Fsp3) is 0.822. The van der Waals surface area contributed by atoms with Gasteiger partial charge in [0.2, 0.25) is 7.45 Å². The molecule has 0 aliphatic carbocycles. The van der Waals surface area contributed by atoms with Crippen LogP contribution in [0.4, 0.5) is 4.20 Å². The Bertz CT molecular complexity index is 1260. The molecule has 1 aromatic heterocycles. The molecule has 1 atom stereocenters. The van der Waals surface area contributed by atoms with Crippen LogP contribution >= 0.6 is 7.45 Å². The maximum absolute atomic E-state index is 12.9. The molecule has 2 rings (SSSR count).